The molecule has 1 atom stereocenters. The van der Waals surface area contributed by atoms with Crippen molar-refractivity contribution in [3.05, 3.63) is 0 Å². The molecule has 17 heavy (non-hydrogen) atoms. The molecule has 0 saturated heterocycles. The molecule has 2 nitrogen and oxygen atoms in total. The summed E-state index contributed by atoms with van der Waals surface area (Å²) in [5.41, 5.74) is 5.84. The first kappa shape index (κ1) is 14.5. The second kappa shape index (κ2) is 7.74. The van der Waals surface area contributed by atoms with Crippen LogP contribution < -0.4 is 5.73 Å². The lowest BCUT2D eigenvalue weighted by Crippen LogP contribution is -2.30. The summed E-state index contributed by atoms with van der Waals surface area (Å²) in [6.45, 7) is 8.47. The van der Waals surface area contributed by atoms with Gasteiger partial charge in [0, 0.05) is 6.54 Å². The Kier molecular flexibility index (Phi) is 6.62. The van der Waals surface area contributed by atoms with Crippen LogP contribution in [0.4, 0.5) is 0 Å². The highest BCUT2D eigenvalue weighted by atomic mass is 15.1. The van der Waals surface area contributed by atoms with E-state index in [0.29, 0.717) is 5.92 Å². The smallest absolute Gasteiger partial charge is 0.0599 e. The van der Waals surface area contributed by atoms with Crippen LogP contribution in [0.25, 0.3) is 0 Å². The highest BCUT2D eigenvalue weighted by molar-refractivity contribution is 4.90. The molecular formula is C15H28N2. The summed E-state index contributed by atoms with van der Waals surface area (Å²) >= 11 is 0. The van der Waals surface area contributed by atoms with Gasteiger partial charge >= 0.3 is 0 Å². The van der Waals surface area contributed by atoms with Gasteiger partial charge in [0.2, 0.25) is 0 Å². The standard InChI is InChI=1S/C15H28N2/c1-4-8-17(12-14-5-6-14)9-7-15(11-16)10-13(2)3/h1,13-15H,5-12,16H2,2-3H3/t15-/m1/s1. The fourth-order valence-corrected chi connectivity index (χ4v) is 2.39. The van der Waals surface area contributed by atoms with E-state index in [-0.39, 0.29) is 0 Å². The molecule has 1 fully saturated rings. The van der Waals surface area contributed by atoms with Gasteiger partial charge in [0.25, 0.3) is 0 Å². The Morgan fingerprint density at radius 3 is 2.59 bits per heavy atom. The minimum Gasteiger partial charge on any atom is -0.330 e. The van der Waals surface area contributed by atoms with Crippen molar-refractivity contribution in [3.63, 3.8) is 0 Å². The Morgan fingerprint density at radius 2 is 2.12 bits per heavy atom. The number of rotatable bonds is 9. The van der Waals surface area contributed by atoms with Crippen LogP contribution >= 0.6 is 0 Å². The molecule has 1 rings (SSSR count). The lowest BCUT2D eigenvalue weighted by Gasteiger charge is -2.23. The number of hydrogen-bond acceptors (Lipinski definition) is 2. The van der Waals surface area contributed by atoms with Crippen LogP contribution in [0.1, 0.15) is 39.5 Å². The summed E-state index contributed by atoms with van der Waals surface area (Å²) in [4.78, 5) is 2.43. The van der Waals surface area contributed by atoms with Gasteiger partial charge in [0.1, 0.15) is 0 Å². The molecule has 0 spiro atoms. The van der Waals surface area contributed by atoms with Gasteiger partial charge in [-0.15, -0.1) is 6.42 Å². The summed E-state index contributed by atoms with van der Waals surface area (Å²) in [5.74, 6) is 5.10. The van der Waals surface area contributed by atoms with E-state index >= 15 is 0 Å². The molecule has 0 aliphatic heterocycles. The molecule has 98 valence electrons. The maximum Gasteiger partial charge on any atom is 0.0599 e. The number of hydrogen-bond donors (Lipinski definition) is 1. The lowest BCUT2D eigenvalue weighted by atomic mass is 9.94. The van der Waals surface area contributed by atoms with Crippen molar-refractivity contribution in [3.8, 4) is 12.3 Å². The molecule has 0 aromatic rings. The Balaban J connectivity index is 2.25. The fraction of sp³-hybridized carbons (Fsp3) is 0.867. The largest absolute Gasteiger partial charge is 0.330 e. The van der Waals surface area contributed by atoms with Crippen LogP contribution in [0.3, 0.4) is 0 Å². The van der Waals surface area contributed by atoms with Crippen LogP contribution in [0.15, 0.2) is 0 Å². The molecule has 2 heteroatoms. The number of nitrogens with two attached hydrogens (primary N) is 1. The van der Waals surface area contributed by atoms with Gasteiger partial charge in [-0.05, 0) is 56.5 Å². The van der Waals surface area contributed by atoms with Crippen molar-refractivity contribution in [2.75, 3.05) is 26.2 Å². The van der Waals surface area contributed by atoms with Gasteiger partial charge in [0.05, 0.1) is 6.54 Å². The monoisotopic (exact) mass is 236 g/mol. The van der Waals surface area contributed by atoms with Gasteiger partial charge in [-0.3, -0.25) is 4.90 Å². The van der Waals surface area contributed by atoms with Crippen LogP contribution in [0, 0.1) is 30.1 Å². The summed E-state index contributed by atoms with van der Waals surface area (Å²) in [6.07, 6.45) is 10.7. The molecule has 0 unspecified atom stereocenters. The zero-order valence-electron chi connectivity index (χ0n) is 11.5. The van der Waals surface area contributed by atoms with Gasteiger partial charge in [-0.25, -0.2) is 0 Å². The van der Waals surface area contributed by atoms with E-state index in [4.69, 9.17) is 12.2 Å². The second-order valence-corrected chi connectivity index (χ2v) is 5.90. The van der Waals surface area contributed by atoms with Gasteiger partial charge in [-0.1, -0.05) is 19.8 Å². The topological polar surface area (TPSA) is 29.3 Å². The van der Waals surface area contributed by atoms with E-state index in [0.717, 1.165) is 31.5 Å². The van der Waals surface area contributed by atoms with Crippen molar-refractivity contribution >= 4 is 0 Å². The van der Waals surface area contributed by atoms with Crippen LogP contribution in [-0.2, 0) is 0 Å². The average molecular weight is 236 g/mol. The lowest BCUT2D eigenvalue weighted by molar-refractivity contribution is 0.258. The Morgan fingerprint density at radius 1 is 1.41 bits per heavy atom. The molecule has 2 N–H and O–H groups in total. The van der Waals surface area contributed by atoms with E-state index in [1.807, 2.05) is 0 Å². The molecule has 0 amide bonds. The quantitative estimate of drug-likeness (QED) is 0.623. The third kappa shape index (κ3) is 6.71. The third-order valence-corrected chi connectivity index (χ3v) is 3.52. The van der Waals surface area contributed by atoms with Crippen molar-refractivity contribution < 1.29 is 0 Å². The zero-order valence-corrected chi connectivity index (χ0v) is 11.5. The molecule has 0 aromatic carbocycles. The molecule has 1 aliphatic rings. The van der Waals surface area contributed by atoms with Crippen molar-refractivity contribution in [1.29, 1.82) is 0 Å². The minimum atomic E-state index is 0.662. The molecular weight excluding hydrogens is 208 g/mol. The molecule has 1 aliphatic carbocycles. The van der Waals surface area contributed by atoms with Gasteiger partial charge in [0.15, 0.2) is 0 Å². The second-order valence-electron chi connectivity index (χ2n) is 5.90. The first-order valence-electron chi connectivity index (χ1n) is 7.01. The Bertz CT molecular complexity index is 238. The van der Waals surface area contributed by atoms with E-state index < -0.39 is 0 Å². The number of terminal acetylenes is 1. The van der Waals surface area contributed by atoms with E-state index in [1.165, 1.54) is 32.2 Å². The molecule has 0 bridgehead atoms. The van der Waals surface area contributed by atoms with Gasteiger partial charge in [-0.2, -0.15) is 0 Å². The van der Waals surface area contributed by atoms with Crippen LogP contribution in [0.5, 0.6) is 0 Å². The van der Waals surface area contributed by atoms with E-state index in [9.17, 15) is 0 Å². The Hall–Kier alpha value is -0.520. The highest BCUT2D eigenvalue weighted by Gasteiger charge is 2.24. The summed E-state index contributed by atoms with van der Waals surface area (Å²) in [7, 11) is 0. The fourth-order valence-electron chi connectivity index (χ4n) is 2.39. The van der Waals surface area contributed by atoms with Crippen molar-refractivity contribution in [1.82, 2.24) is 4.90 Å². The van der Waals surface area contributed by atoms with Crippen molar-refractivity contribution in [2.45, 2.75) is 39.5 Å². The Labute approximate surface area is 107 Å². The number of nitrogens with zero attached hydrogens (tertiary/aromatic N) is 1. The van der Waals surface area contributed by atoms with Gasteiger partial charge < -0.3 is 5.73 Å². The normalized spacial score (nSPS) is 17.4. The molecule has 1 saturated carbocycles. The van der Waals surface area contributed by atoms with Crippen LogP contribution in [0.2, 0.25) is 0 Å². The maximum absolute atomic E-state index is 5.84. The van der Waals surface area contributed by atoms with E-state index in [1.54, 1.807) is 0 Å². The van der Waals surface area contributed by atoms with E-state index in [2.05, 4.69) is 24.7 Å². The first-order chi connectivity index (χ1) is 8.15. The minimum absolute atomic E-state index is 0.662. The maximum atomic E-state index is 5.84. The predicted octanol–water partition coefficient (Wildman–Crippen LogP) is 2.34. The summed E-state index contributed by atoms with van der Waals surface area (Å²) in [6, 6.07) is 0. The zero-order chi connectivity index (χ0) is 12.7. The highest BCUT2D eigenvalue weighted by Crippen LogP contribution is 2.29. The molecule has 0 aromatic heterocycles. The SMILES string of the molecule is C#CCN(CC[C@@H](CN)CC(C)C)CC1CC1. The first-order valence-corrected chi connectivity index (χ1v) is 7.01. The van der Waals surface area contributed by atoms with Crippen molar-refractivity contribution in [2.24, 2.45) is 23.5 Å². The summed E-state index contributed by atoms with van der Waals surface area (Å²) in [5, 5.41) is 0. The molecule has 0 radical (unpaired) electrons. The van der Waals surface area contributed by atoms with Crippen LogP contribution in [-0.4, -0.2) is 31.1 Å². The summed E-state index contributed by atoms with van der Waals surface area (Å²) < 4.78 is 0. The predicted molar refractivity (Wildman–Crippen MR) is 74.6 cm³/mol. The average Bonchev–Trinajstić information content (AvgIpc) is 3.07. The third-order valence-electron chi connectivity index (χ3n) is 3.52. The molecule has 0 heterocycles.